The van der Waals surface area contributed by atoms with Crippen molar-refractivity contribution < 1.29 is 0 Å². The van der Waals surface area contributed by atoms with Crippen molar-refractivity contribution in [2.75, 3.05) is 13.1 Å². The summed E-state index contributed by atoms with van der Waals surface area (Å²) in [6.45, 7) is 5.48. The molecule has 1 fully saturated rings. The number of nitrogens with one attached hydrogen (secondary N) is 2. The van der Waals surface area contributed by atoms with Gasteiger partial charge < -0.3 is 11.1 Å². The highest BCUT2D eigenvalue weighted by Crippen LogP contribution is 2.01. The maximum absolute atomic E-state index is 5.36. The Morgan fingerprint density at radius 1 is 1.70 bits per heavy atom. The summed E-state index contributed by atoms with van der Waals surface area (Å²) in [7, 11) is 0. The lowest BCUT2D eigenvalue weighted by Crippen LogP contribution is -2.30. The van der Waals surface area contributed by atoms with Crippen LogP contribution in [0.1, 0.15) is 12.8 Å². The zero-order chi connectivity index (χ0) is 7.40. The molecule has 0 unspecified atom stereocenters. The van der Waals surface area contributed by atoms with E-state index in [1.165, 1.54) is 0 Å². The Kier molecular flexibility index (Phi) is 2.71. The van der Waals surface area contributed by atoms with Crippen molar-refractivity contribution in [1.82, 2.24) is 10.6 Å². The van der Waals surface area contributed by atoms with Gasteiger partial charge in [-0.05, 0) is 19.4 Å². The summed E-state index contributed by atoms with van der Waals surface area (Å²) >= 11 is 0. The van der Waals surface area contributed by atoms with Gasteiger partial charge in [-0.2, -0.15) is 0 Å². The van der Waals surface area contributed by atoms with Gasteiger partial charge in [0.1, 0.15) is 0 Å². The third-order valence-corrected chi connectivity index (χ3v) is 1.64. The lowest BCUT2D eigenvalue weighted by molar-refractivity contribution is 0.505. The zero-order valence-corrected chi connectivity index (χ0v) is 6.19. The Labute approximate surface area is 61.7 Å². The number of hydrogen-bond donors (Lipinski definition) is 3. The van der Waals surface area contributed by atoms with Crippen molar-refractivity contribution in [3.8, 4) is 0 Å². The molecule has 0 aromatic carbocycles. The molecule has 0 aliphatic carbocycles. The van der Waals surface area contributed by atoms with Crippen LogP contribution in [0.2, 0.25) is 0 Å². The predicted octanol–water partition coefficient (Wildman–Crippen LogP) is -0.242. The molecular weight excluding hydrogens is 126 g/mol. The molecule has 4 N–H and O–H groups in total. The molecule has 0 aromatic heterocycles. The van der Waals surface area contributed by atoms with Gasteiger partial charge in [-0.25, -0.2) is 0 Å². The average Bonchev–Trinajstić information content (AvgIpc) is 2.31. The topological polar surface area (TPSA) is 50.1 Å². The van der Waals surface area contributed by atoms with Crippen LogP contribution < -0.4 is 16.4 Å². The third kappa shape index (κ3) is 2.01. The summed E-state index contributed by atoms with van der Waals surface area (Å²) in [5.74, 6) is 0. The molecule has 1 saturated heterocycles. The quantitative estimate of drug-likeness (QED) is 0.508. The van der Waals surface area contributed by atoms with Gasteiger partial charge in [0.05, 0.1) is 6.17 Å². The molecule has 0 spiro atoms. The molecule has 58 valence electrons. The van der Waals surface area contributed by atoms with Crippen molar-refractivity contribution in [3.05, 3.63) is 12.3 Å². The third-order valence-electron chi connectivity index (χ3n) is 1.64. The Morgan fingerprint density at radius 3 is 3.00 bits per heavy atom. The minimum absolute atomic E-state index is 0.413. The van der Waals surface area contributed by atoms with Gasteiger partial charge in [-0.15, -0.1) is 0 Å². The molecule has 0 bridgehead atoms. The molecule has 1 aliphatic heterocycles. The van der Waals surface area contributed by atoms with E-state index in [1.807, 2.05) is 0 Å². The van der Waals surface area contributed by atoms with Crippen molar-refractivity contribution in [3.63, 3.8) is 0 Å². The highest BCUT2D eigenvalue weighted by Gasteiger charge is 2.13. The van der Waals surface area contributed by atoms with Crippen LogP contribution in [0.3, 0.4) is 0 Å². The van der Waals surface area contributed by atoms with Crippen molar-refractivity contribution >= 4 is 0 Å². The Bertz CT molecular complexity index is 122. The van der Waals surface area contributed by atoms with Crippen LogP contribution in [0.15, 0.2) is 12.3 Å². The summed E-state index contributed by atoms with van der Waals surface area (Å²) in [6, 6.07) is 0. The van der Waals surface area contributed by atoms with Crippen LogP contribution in [-0.4, -0.2) is 19.3 Å². The molecule has 0 aromatic rings. The molecule has 0 saturated carbocycles. The molecule has 1 atom stereocenters. The fourth-order valence-corrected chi connectivity index (χ4v) is 1.09. The van der Waals surface area contributed by atoms with Crippen LogP contribution in [0.5, 0.6) is 0 Å². The SMILES string of the molecule is C=C1CN[C@H](CCCN)N1. The highest BCUT2D eigenvalue weighted by atomic mass is 15.2. The second-order valence-corrected chi connectivity index (χ2v) is 2.61. The van der Waals surface area contributed by atoms with Crippen LogP contribution in [0.25, 0.3) is 0 Å². The van der Waals surface area contributed by atoms with Gasteiger partial charge in [0.15, 0.2) is 0 Å². The van der Waals surface area contributed by atoms with Gasteiger partial charge >= 0.3 is 0 Å². The molecule has 1 heterocycles. The molecule has 3 nitrogen and oxygen atoms in total. The first-order valence-electron chi connectivity index (χ1n) is 3.70. The maximum atomic E-state index is 5.36. The van der Waals surface area contributed by atoms with Crippen LogP contribution in [0.4, 0.5) is 0 Å². The molecule has 10 heavy (non-hydrogen) atoms. The highest BCUT2D eigenvalue weighted by molar-refractivity contribution is 5.01. The Morgan fingerprint density at radius 2 is 2.50 bits per heavy atom. The van der Waals surface area contributed by atoms with E-state index in [0.29, 0.717) is 6.17 Å². The average molecular weight is 141 g/mol. The fraction of sp³-hybridized carbons (Fsp3) is 0.714. The monoisotopic (exact) mass is 141 g/mol. The van der Waals surface area contributed by atoms with Gasteiger partial charge in [-0.1, -0.05) is 6.58 Å². The second kappa shape index (κ2) is 3.58. The molecular formula is C7H15N3. The normalized spacial score (nSPS) is 24.9. The lowest BCUT2D eigenvalue weighted by Gasteiger charge is -2.09. The summed E-state index contributed by atoms with van der Waals surface area (Å²) < 4.78 is 0. The second-order valence-electron chi connectivity index (χ2n) is 2.61. The summed E-state index contributed by atoms with van der Waals surface area (Å²) in [5.41, 5.74) is 6.45. The number of rotatable bonds is 3. The Balaban J connectivity index is 2.12. The van der Waals surface area contributed by atoms with E-state index < -0.39 is 0 Å². The fourth-order valence-electron chi connectivity index (χ4n) is 1.09. The minimum atomic E-state index is 0.413. The lowest BCUT2D eigenvalue weighted by atomic mass is 10.2. The van der Waals surface area contributed by atoms with E-state index in [9.17, 15) is 0 Å². The molecule has 1 aliphatic rings. The van der Waals surface area contributed by atoms with E-state index in [1.54, 1.807) is 0 Å². The summed E-state index contributed by atoms with van der Waals surface area (Å²) in [4.78, 5) is 0. The van der Waals surface area contributed by atoms with Gasteiger partial charge in [-0.3, -0.25) is 5.32 Å². The molecule has 0 amide bonds. The van der Waals surface area contributed by atoms with E-state index in [2.05, 4.69) is 17.2 Å². The molecule has 0 radical (unpaired) electrons. The van der Waals surface area contributed by atoms with E-state index in [4.69, 9.17) is 5.73 Å². The van der Waals surface area contributed by atoms with Gasteiger partial charge in [0.25, 0.3) is 0 Å². The van der Waals surface area contributed by atoms with Gasteiger partial charge in [0, 0.05) is 12.2 Å². The van der Waals surface area contributed by atoms with Crippen LogP contribution in [0, 0.1) is 0 Å². The standard InChI is InChI=1S/C7H15N3/c1-6-5-9-7(10-6)3-2-4-8/h7,9-10H,1-5,8H2/t7-/m0/s1. The first-order valence-corrected chi connectivity index (χ1v) is 3.70. The van der Waals surface area contributed by atoms with E-state index in [-0.39, 0.29) is 0 Å². The molecule has 3 heteroatoms. The first kappa shape index (κ1) is 7.57. The van der Waals surface area contributed by atoms with E-state index in [0.717, 1.165) is 31.6 Å². The van der Waals surface area contributed by atoms with Crippen LogP contribution >= 0.6 is 0 Å². The smallest absolute Gasteiger partial charge is 0.0769 e. The van der Waals surface area contributed by atoms with Crippen molar-refractivity contribution in [2.24, 2.45) is 5.73 Å². The Hall–Kier alpha value is -0.540. The number of nitrogens with two attached hydrogens (primary N) is 1. The predicted molar refractivity (Wildman–Crippen MR) is 42.4 cm³/mol. The summed E-state index contributed by atoms with van der Waals surface area (Å²) in [6.07, 6.45) is 2.57. The molecule has 1 rings (SSSR count). The van der Waals surface area contributed by atoms with Crippen LogP contribution in [-0.2, 0) is 0 Å². The zero-order valence-electron chi connectivity index (χ0n) is 6.19. The minimum Gasteiger partial charge on any atom is -0.373 e. The maximum Gasteiger partial charge on any atom is 0.0769 e. The summed E-state index contributed by atoms with van der Waals surface area (Å²) in [5, 5.41) is 6.50. The first-order chi connectivity index (χ1) is 4.83. The van der Waals surface area contributed by atoms with Crippen molar-refractivity contribution in [2.45, 2.75) is 19.0 Å². The largest absolute Gasteiger partial charge is 0.373 e. The van der Waals surface area contributed by atoms with E-state index >= 15 is 0 Å². The number of hydrogen-bond acceptors (Lipinski definition) is 3. The van der Waals surface area contributed by atoms with Crippen molar-refractivity contribution in [1.29, 1.82) is 0 Å². The van der Waals surface area contributed by atoms with Gasteiger partial charge in [0.2, 0.25) is 0 Å².